The quantitative estimate of drug-likeness (QED) is 0.754. The standard InChI is InChI=1S/C13H18O2/c1-2-6-12(7-3-1)9-11-15-13-8-4-5-10-14-13/h1-3,6-7,13H,4-5,8-11H2/t13-/m1/s1. The van der Waals surface area contributed by atoms with Gasteiger partial charge in [0.25, 0.3) is 0 Å². The number of hydrogen-bond acceptors (Lipinski definition) is 2. The van der Waals surface area contributed by atoms with Gasteiger partial charge in [0.05, 0.1) is 6.61 Å². The predicted octanol–water partition coefficient (Wildman–Crippen LogP) is 2.77. The molecule has 1 atom stereocenters. The Balaban J connectivity index is 1.66. The molecule has 0 unspecified atom stereocenters. The maximum atomic E-state index is 5.66. The molecule has 1 aliphatic heterocycles. The van der Waals surface area contributed by atoms with E-state index in [0.29, 0.717) is 0 Å². The zero-order chi connectivity index (χ0) is 10.3. The van der Waals surface area contributed by atoms with Crippen molar-refractivity contribution < 1.29 is 9.47 Å². The van der Waals surface area contributed by atoms with Crippen molar-refractivity contribution in [1.82, 2.24) is 0 Å². The average molecular weight is 206 g/mol. The molecule has 0 amide bonds. The van der Waals surface area contributed by atoms with E-state index in [4.69, 9.17) is 9.47 Å². The lowest BCUT2D eigenvalue weighted by Gasteiger charge is -2.22. The maximum Gasteiger partial charge on any atom is 0.157 e. The lowest BCUT2D eigenvalue weighted by atomic mass is 10.2. The van der Waals surface area contributed by atoms with Gasteiger partial charge in [-0.2, -0.15) is 0 Å². The van der Waals surface area contributed by atoms with Crippen molar-refractivity contribution in [3.8, 4) is 0 Å². The van der Waals surface area contributed by atoms with Crippen molar-refractivity contribution in [2.75, 3.05) is 13.2 Å². The summed E-state index contributed by atoms with van der Waals surface area (Å²) in [7, 11) is 0. The smallest absolute Gasteiger partial charge is 0.157 e. The Morgan fingerprint density at radius 2 is 2.07 bits per heavy atom. The van der Waals surface area contributed by atoms with Gasteiger partial charge in [-0.1, -0.05) is 30.3 Å². The third-order valence-electron chi connectivity index (χ3n) is 2.68. The van der Waals surface area contributed by atoms with Gasteiger partial charge in [0.15, 0.2) is 6.29 Å². The Kier molecular flexibility index (Phi) is 4.18. The van der Waals surface area contributed by atoms with Crippen LogP contribution in [0.4, 0.5) is 0 Å². The largest absolute Gasteiger partial charge is 0.353 e. The Morgan fingerprint density at radius 3 is 2.80 bits per heavy atom. The second-order valence-electron chi connectivity index (χ2n) is 3.90. The van der Waals surface area contributed by atoms with Crippen LogP contribution in [0.3, 0.4) is 0 Å². The van der Waals surface area contributed by atoms with Crippen LogP contribution < -0.4 is 0 Å². The summed E-state index contributed by atoms with van der Waals surface area (Å²) in [5, 5.41) is 0. The highest BCUT2D eigenvalue weighted by molar-refractivity contribution is 5.14. The van der Waals surface area contributed by atoms with E-state index >= 15 is 0 Å². The Morgan fingerprint density at radius 1 is 1.20 bits per heavy atom. The van der Waals surface area contributed by atoms with Crippen LogP contribution in [-0.2, 0) is 15.9 Å². The van der Waals surface area contributed by atoms with Crippen LogP contribution in [0.1, 0.15) is 24.8 Å². The van der Waals surface area contributed by atoms with Gasteiger partial charge in [-0.15, -0.1) is 0 Å². The molecule has 0 radical (unpaired) electrons. The molecule has 82 valence electrons. The highest BCUT2D eigenvalue weighted by Crippen LogP contribution is 2.13. The molecule has 2 nitrogen and oxygen atoms in total. The van der Waals surface area contributed by atoms with E-state index in [1.807, 2.05) is 6.07 Å². The molecule has 1 aromatic rings. The van der Waals surface area contributed by atoms with Gasteiger partial charge in [0.2, 0.25) is 0 Å². The molecule has 0 N–H and O–H groups in total. The Hall–Kier alpha value is -0.860. The van der Waals surface area contributed by atoms with Gasteiger partial charge < -0.3 is 9.47 Å². The summed E-state index contributed by atoms with van der Waals surface area (Å²) in [4.78, 5) is 0. The fourth-order valence-corrected chi connectivity index (χ4v) is 1.80. The van der Waals surface area contributed by atoms with E-state index in [2.05, 4.69) is 24.3 Å². The summed E-state index contributed by atoms with van der Waals surface area (Å²) in [6, 6.07) is 10.4. The molecular weight excluding hydrogens is 188 g/mol. The van der Waals surface area contributed by atoms with Crippen LogP contribution in [0.5, 0.6) is 0 Å². The number of hydrogen-bond donors (Lipinski definition) is 0. The van der Waals surface area contributed by atoms with Crippen molar-refractivity contribution in [3.05, 3.63) is 35.9 Å². The van der Waals surface area contributed by atoms with Crippen LogP contribution >= 0.6 is 0 Å². The van der Waals surface area contributed by atoms with E-state index in [1.54, 1.807) is 0 Å². The summed E-state index contributed by atoms with van der Waals surface area (Å²) in [5.41, 5.74) is 1.33. The van der Waals surface area contributed by atoms with Gasteiger partial charge in [0, 0.05) is 6.61 Å². The number of rotatable bonds is 4. The van der Waals surface area contributed by atoms with E-state index in [-0.39, 0.29) is 6.29 Å². The highest BCUT2D eigenvalue weighted by atomic mass is 16.7. The monoisotopic (exact) mass is 206 g/mol. The summed E-state index contributed by atoms with van der Waals surface area (Å²) < 4.78 is 11.2. The summed E-state index contributed by atoms with van der Waals surface area (Å²) >= 11 is 0. The summed E-state index contributed by atoms with van der Waals surface area (Å²) in [6.45, 7) is 1.62. The van der Waals surface area contributed by atoms with Crippen molar-refractivity contribution in [2.45, 2.75) is 32.0 Å². The average Bonchev–Trinajstić information content (AvgIpc) is 2.32. The molecule has 1 saturated heterocycles. The summed E-state index contributed by atoms with van der Waals surface area (Å²) in [5.74, 6) is 0. The minimum atomic E-state index is 0.0439. The SMILES string of the molecule is c1ccc(CCO[C@@H]2CCCCO2)cc1. The van der Waals surface area contributed by atoms with Crippen molar-refractivity contribution in [3.63, 3.8) is 0 Å². The van der Waals surface area contributed by atoms with Crippen molar-refractivity contribution >= 4 is 0 Å². The van der Waals surface area contributed by atoms with Gasteiger partial charge in [-0.05, 0) is 31.2 Å². The zero-order valence-corrected chi connectivity index (χ0v) is 9.02. The van der Waals surface area contributed by atoms with Crippen molar-refractivity contribution in [1.29, 1.82) is 0 Å². The van der Waals surface area contributed by atoms with Crippen LogP contribution in [0.2, 0.25) is 0 Å². The van der Waals surface area contributed by atoms with Crippen LogP contribution in [0, 0.1) is 0 Å². The third kappa shape index (κ3) is 3.65. The first kappa shape index (κ1) is 10.7. The second kappa shape index (κ2) is 5.89. The van der Waals surface area contributed by atoms with Crippen LogP contribution in [0.15, 0.2) is 30.3 Å². The van der Waals surface area contributed by atoms with Crippen LogP contribution in [-0.4, -0.2) is 19.5 Å². The normalized spacial score (nSPS) is 21.5. The minimum Gasteiger partial charge on any atom is -0.353 e. The minimum absolute atomic E-state index is 0.0439. The fraction of sp³-hybridized carbons (Fsp3) is 0.538. The van der Waals surface area contributed by atoms with Gasteiger partial charge in [-0.25, -0.2) is 0 Å². The lowest BCUT2D eigenvalue weighted by molar-refractivity contribution is -0.161. The predicted molar refractivity (Wildman–Crippen MR) is 59.7 cm³/mol. The van der Waals surface area contributed by atoms with E-state index in [0.717, 1.165) is 26.1 Å². The molecule has 1 aromatic carbocycles. The molecular formula is C13H18O2. The number of ether oxygens (including phenoxy) is 2. The molecule has 0 spiro atoms. The molecule has 2 rings (SSSR count). The molecule has 0 aliphatic carbocycles. The molecule has 1 fully saturated rings. The summed E-state index contributed by atoms with van der Waals surface area (Å²) in [6.07, 6.45) is 4.48. The van der Waals surface area contributed by atoms with Gasteiger partial charge in [0.1, 0.15) is 0 Å². The molecule has 2 heteroatoms. The first-order chi connectivity index (χ1) is 7.45. The van der Waals surface area contributed by atoms with E-state index in [9.17, 15) is 0 Å². The van der Waals surface area contributed by atoms with Crippen LogP contribution in [0.25, 0.3) is 0 Å². The molecule has 1 heterocycles. The second-order valence-corrected chi connectivity index (χ2v) is 3.90. The van der Waals surface area contributed by atoms with E-state index < -0.39 is 0 Å². The lowest BCUT2D eigenvalue weighted by Crippen LogP contribution is -2.23. The first-order valence-corrected chi connectivity index (χ1v) is 5.72. The molecule has 1 aliphatic rings. The fourth-order valence-electron chi connectivity index (χ4n) is 1.80. The molecule has 0 aromatic heterocycles. The molecule has 0 saturated carbocycles. The maximum absolute atomic E-state index is 5.66. The highest BCUT2D eigenvalue weighted by Gasteiger charge is 2.13. The Bertz CT molecular complexity index is 265. The third-order valence-corrected chi connectivity index (χ3v) is 2.68. The number of benzene rings is 1. The Labute approximate surface area is 91.2 Å². The van der Waals surface area contributed by atoms with Crippen molar-refractivity contribution in [2.24, 2.45) is 0 Å². The molecule has 15 heavy (non-hydrogen) atoms. The zero-order valence-electron chi connectivity index (χ0n) is 9.02. The first-order valence-electron chi connectivity index (χ1n) is 5.72. The molecule has 0 bridgehead atoms. The van der Waals surface area contributed by atoms with Gasteiger partial charge in [-0.3, -0.25) is 0 Å². The van der Waals surface area contributed by atoms with Gasteiger partial charge >= 0.3 is 0 Å². The van der Waals surface area contributed by atoms with E-state index in [1.165, 1.54) is 18.4 Å². The topological polar surface area (TPSA) is 18.5 Å².